The maximum absolute atomic E-state index is 7.26. The van der Waals surface area contributed by atoms with Crippen molar-refractivity contribution in [2.24, 2.45) is 27.1 Å². The predicted molar refractivity (Wildman–Crippen MR) is 116 cm³/mol. The summed E-state index contributed by atoms with van der Waals surface area (Å²) in [6.07, 6.45) is 0. The molecule has 0 aliphatic heterocycles. The van der Waals surface area contributed by atoms with E-state index in [9.17, 15) is 0 Å². The molecule has 2 bridgehead atoms. The molecule has 2 fully saturated rings. The minimum atomic E-state index is -1.37. The number of alkyl halides is 9. The van der Waals surface area contributed by atoms with Crippen LogP contribution in [0.3, 0.4) is 0 Å². The summed E-state index contributed by atoms with van der Waals surface area (Å²) in [4.78, 5) is -4.21. The zero-order valence-electron chi connectivity index (χ0n) is 14.6. The molecule has 0 amide bonds. The Hall–Kier alpha value is 2.61. The van der Waals surface area contributed by atoms with Gasteiger partial charge in [-0.15, -0.1) is 104 Å². The Morgan fingerprint density at radius 2 is 0.920 bits per heavy atom. The summed E-state index contributed by atoms with van der Waals surface area (Å²) in [6, 6.07) is 0. The third-order valence-corrected chi connectivity index (χ3v) is 12.6. The van der Waals surface area contributed by atoms with Gasteiger partial charge in [0, 0.05) is 16.2 Å². The molecule has 2 aliphatic carbocycles. The van der Waals surface area contributed by atoms with Crippen molar-refractivity contribution in [1.29, 1.82) is 0 Å². The third kappa shape index (κ3) is 1.88. The lowest BCUT2D eigenvalue weighted by Crippen LogP contribution is -2.68. The van der Waals surface area contributed by atoms with Crippen LogP contribution in [-0.2, 0) is 0 Å². The van der Waals surface area contributed by atoms with E-state index < -0.39 is 50.8 Å². The van der Waals surface area contributed by atoms with E-state index in [1.165, 1.54) is 0 Å². The van der Waals surface area contributed by atoms with Gasteiger partial charge in [0.25, 0.3) is 0 Å². The van der Waals surface area contributed by atoms with Crippen molar-refractivity contribution in [2.45, 2.75) is 65.3 Å². The minimum absolute atomic E-state index is 0.729. The molecule has 2 saturated carbocycles. The van der Waals surface area contributed by atoms with Crippen LogP contribution in [0.4, 0.5) is 0 Å². The van der Waals surface area contributed by atoms with Crippen molar-refractivity contribution >= 4 is 104 Å². The molecule has 9 heteroatoms. The van der Waals surface area contributed by atoms with Crippen molar-refractivity contribution in [1.82, 2.24) is 0 Å². The molecule has 0 aromatic rings. The highest BCUT2D eigenvalue weighted by molar-refractivity contribution is 6.54. The quantitative estimate of drug-likeness (QED) is 0.319. The van der Waals surface area contributed by atoms with Crippen LogP contribution < -0.4 is 0 Å². The van der Waals surface area contributed by atoms with Crippen LogP contribution >= 0.6 is 104 Å². The number of hydrogen-bond donors (Lipinski definition) is 0. The van der Waals surface area contributed by atoms with Gasteiger partial charge >= 0.3 is 0 Å². The molecule has 148 valence electrons. The van der Waals surface area contributed by atoms with Gasteiger partial charge in [0.05, 0.1) is 10.3 Å². The predicted octanol–water partition coefficient (Wildman–Crippen LogP) is 8.63. The SMILES string of the molecule is CC1(C)C(Cl)(Cl)[C@]2(C)C(C(Cl)Cl)(C(Cl)Cl)[C@@]1(C(Cl)Cl)[C@@](C)(Cl)C2(C)C. The van der Waals surface area contributed by atoms with Gasteiger partial charge in [-0.3, -0.25) is 0 Å². The standard InChI is InChI=1S/C16H21Cl9/c1-10(2)12(5)14(7(17)18,8(19)20)15(9(21)22,13(10,6)23)11(3,4)16(12,24)25/h7-9H,1-6H3/t12-,13-,15+/m0/s1. The first kappa shape index (κ1) is 23.9. The van der Waals surface area contributed by atoms with Crippen LogP contribution in [0, 0.1) is 27.1 Å². The van der Waals surface area contributed by atoms with Crippen LogP contribution in [0.25, 0.3) is 0 Å². The van der Waals surface area contributed by atoms with Crippen molar-refractivity contribution in [3.8, 4) is 0 Å². The zero-order chi connectivity index (χ0) is 20.2. The summed E-state index contributed by atoms with van der Waals surface area (Å²) >= 11 is 61.1. The molecule has 0 N–H and O–H groups in total. The summed E-state index contributed by atoms with van der Waals surface area (Å²) in [6.45, 7) is 11.4. The Balaban J connectivity index is 3.25. The molecule has 2 aliphatic rings. The van der Waals surface area contributed by atoms with Gasteiger partial charge in [-0.25, -0.2) is 0 Å². The fraction of sp³-hybridized carbons (Fsp3) is 1.00. The molecule has 2 rings (SSSR count). The molecule has 25 heavy (non-hydrogen) atoms. The maximum Gasteiger partial charge on any atom is 0.130 e. The number of fused-ring (bicyclic) bond motifs is 2. The van der Waals surface area contributed by atoms with Crippen molar-refractivity contribution in [3.05, 3.63) is 0 Å². The molecule has 0 unspecified atom stereocenters. The number of halogens is 9. The van der Waals surface area contributed by atoms with Crippen molar-refractivity contribution < 1.29 is 0 Å². The van der Waals surface area contributed by atoms with Gasteiger partial charge in [0.1, 0.15) is 18.8 Å². The molecule has 0 spiro atoms. The number of hydrogen-bond acceptors (Lipinski definition) is 0. The minimum Gasteiger partial charge on any atom is -0.118 e. The molecule has 0 radical (unpaired) electrons. The van der Waals surface area contributed by atoms with E-state index in [0.29, 0.717) is 0 Å². The Morgan fingerprint density at radius 1 is 0.560 bits per heavy atom. The molecule has 0 nitrogen and oxygen atoms in total. The smallest absolute Gasteiger partial charge is 0.118 e. The Labute approximate surface area is 195 Å². The molecular formula is C16H21Cl9. The van der Waals surface area contributed by atoms with Gasteiger partial charge in [-0.05, 0) is 12.3 Å². The van der Waals surface area contributed by atoms with Gasteiger partial charge in [0.15, 0.2) is 0 Å². The van der Waals surface area contributed by atoms with Crippen molar-refractivity contribution in [2.75, 3.05) is 0 Å². The van der Waals surface area contributed by atoms with E-state index in [2.05, 4.69) is 0 Å². The van der Waals surface area contributed by atoms with Gasteiger partial charge in [0.2, 0.25) is 0 Å². The van der Waals surface area contributed by atoms with Crippen molar-refractivity contribution in [3.63, 3.8) is 0 Å². The van der Waals surface area contributed by atoms with E-state index >= 15 is 0 Å². The summed E-state index contributed by atoms with van der Waals surface area (Å²) < 4.78 is -1.37. The highest BCUT2D eigenvalue weighted by atomic mass is 35.5. The molecular weight excluding hydrogens is 511 g/mol. The second-order valence-electron chi connectivity index (χ2n) is 8.53. The Kier molecular flexibility index (Phi) is 5.80. The second-order valence-corrected chi connectivity index (χ2v) is 13.9. The van der Waals surface area contributed by atoms with Crippen LogP contribution in [-0.4, -0.2) is 23.7 Å². The molecule has 0 aromatic heterocycles. The average molecular weight is 532 g/mol. The fourth-order valence-corrected chi connectivity index (χ4v) is 12.0. The maximum atomic E-state index is 7.26. The first-order chi connectivity index (χ1) is 10.8. The van der Waals surface area contributed by atoms with Gasteiger partial charge in [-0.1, -0.05) is 34.6 Å². The van der Waals surface area contributed by atoms with Crippen LogP contribution in [0.1, 0.15) is 41.5 Å². The van der Waals surface area contributed by atoms with Gasteiger partial charge < -0.3 is 0 Å². The lowest BCUT2D eigenvalue weighted by Gasteiger charge is -2.64. The summed E-state index contributed by atoms with van der Waals surface area (Å²) in [5.74, 6) is 0. The topological polar surface area (TPSA) is 0 Å². The van der Waals surface area contributed by atoms with E-state index in [1.54, 1.807) is 0 Å². The lowest BCUT2D eigenvalue weighted by molar-refractivity contribution is -0.0395. The second kappa shape index (κ2) is 6.07. The third-order valence-electron chi connectivity index (χ3n) is 8.06. The van der Waals surface area contributed by atoms with E-state index in [0.717, 1.165) is 0 Å². The highest BCUT2D eigenvalue weighted by Gasteiger charge is 2.99. The van der Waals surface area contributed by atoms with Crippen LogP contribution in [0.15, 0.2) is 0 Å². The van der Waals surface area contributed by atoms with E-state index in [1.807, 2.05) is 41.5 Å². The first-order valence-electron chi connectivity index (χ1n) is 7.74. The monoisotopic (exact) mass is 528 g/mol. The summed E-state index contributed by atoms with van der Waals surface area (Å²) in [5, 5.41) is 0. The number of rotatable bonds is 3. The molecule has 0 aromatic carbocycles. The lowest BCUT2D eigenvalue weighted by atomic mass is 9.50. The molecule has 3 atom stereocenters. The molecule has 0 saturated heterocycles. The van der Waals surface area contributed by atoms with E-state index in [-0.39, 0.29) is 0 Å². The zero-order valence-corrected chi connectivity index (χ0v) is 21.4. The summed E-state index contributed by atoms with van der Waals surface area (Å²) in [5.41, 5.74) is -5.18. The fourth-order valence-electron chi connectivity index (χ4n) is 6.43. The Morgan fingerprint density at radius 3 is 1.16 bits per heavy atom. The van der Waals surface area contributed by atoms with Crippen LogP contribution in [0.5, 0.6) is 0 Å². The molecule has 0 heterocycles. The van der Waals surface area contributed by atoms with Crippen LogP contribution in [0.2, 0.25) is 0 Å². The largest absolute Gasteiger partial charge is 0.130 e. The Bertz CT molecular complexity index is 538. The normalized spacial score (nSPS) is 43.4. The highest BCUT2D eigenvalue weighted by Crippen LogP contribution is 2.96. The van der Waals surface area contributed by atoms with Gasteiger partial charge in [-0.2, -0.15) is 0 Å². The average Bonchev–Trinajstić information content (AvgIpc) is 2.57. The first-order valence-corrected chi connectivity index (χ1v) is 11.5. The summed E-state index contributed by atoms with van der Waals surface area (Å²) in [7, 11) is 0. The van der Waals surface area contributed by atoms with E-state index in [4.69, 9.17) is 104 Å².